The van der Waals surface area contributed by atoms with E-state index in [4.69, 9.17) is 4.74 Å². The predicted molar refractivity (Wildman–Crippen MR) is 66.9 cm³/mol. The highest BCUT2D eigenvalue weighted by Crippen LogP contribution is 2.20. The van der Waals surface area contributed by atoms with Gasteiger partial charge in [0.2, 0.25) is 5.91 Å². The van der Waals surface area contributed by atoms with Crippen molar-refractivity contribution in [2.45, 2.75) is 57.0 Å². The standard InChI is InChI=1S/C13H24N2O2/c1-13(6-9-17-10-7-13)15-12(16)11-5-3-2-4-8-14-11/h11,14H,2-10H2,1H3,(H,15,16). The maximum Gasteiger partial charge on any atom is 0.237 e. The first-order valence-corrected chi connectivity index (χ1v) is 6.83. The van der Waals surface area contributed by atoms with Gasteiger partial charge in [-0.1, -0.05) is 12.8 Å². The second-order valence-corrected chi connectivity index (χ2v) is 5.52. The fourth-order valence-electron chi connectivity index (χ4n) is 2.58. The minimum absolute atomic E-state index is 0.0113. The maximum atomic E-state index is 12.2. The molecule has 98 valence electrons. The number of hydrogen-bond donors (Lipinski definition) is 2. The van der Waals surface area contributed by atoms with Gasteiger partial charge < -0.3 is 15.4 Å². The average molecular weight is 240 g/mol. The molecule has 0 aliphatic carbocycles. The summed E-state index contributed by atoms with van der Waals surface area (Å²) in [6, 6.07) is 0.0113. The van der Waals surface area contributed by atoms with Crippen molar-refractivity contribution in [2.24, 2.45) is 0 Å². The highest BCUT2D eigenvalue weighted by molar-refractivity contribution is 5.82. The summed E-state index contributed by atoms with van der Waals surface area (Å²) in [7, 11) is 0. The van der Waals surface area contributed by atoms with Crippen LogP contribution in [0.5, 0.6) is 0 Å². The minimum atomic E-state index is -0.0662. The highest BCUT2D eigenvalue weighted by Gasteiger charge is 2.31. The van der Waals surface area contributed by atoms with Crippen LogP contribution in [0, 0.1) is 0 Å². The Balaban J connectivity index is 1.86. The van der Waals surface area contributed by atoms with Gasteiger partial charge >= 0.3 is 0 Å². The molecule has 2 heterocycles. The van der Waals surface area contributed by atoms with E-state index < -0.39 is 0 Å². The largest absolute Gasteiger partial charge is 0.381 e. The molecule has 2 fully saturated rings. The Kier molecular flexibility index (Phi) is 4.40. The molecule has 0 aromatic heterocycles. The molecule has 0 spiro atoms. The van der Waals surface area contributed by atoms with E-state index >= 15 is 0 Å². The van der Waals surface area contributed by atoms with Crippen molar-refractivity contribution in [3.63, 3.8) is 0 Å². The zero-order valence-corrected chi connectivity index (χ0v) is 10.8. The Bertz CT molecular complexity index is 254. The van der Waals surface area contributed by atoms with Crippen LogP contribution in [0.3, 0.4) is 0 Å². The van der Waals surface area contributed by atoms with E-state index in [2.05, 4.69) is 17.6 Å². The fraction of sp³-hybridized carbons (Fsp3) is 0.923. The van der Waals surface area contributed by atoms with E-state index in [-0.39, 0.29) is 17.5 Å². The van der Waals surface area contributed by atoms with E-state index in [1.54, 1.807) is 0 Å². The van der Waals surface area contributed by atoms with Crippen molar-refractivity contribution in [3.05, 3.63) is 0 Å². The van der Waals surface area contributed by atoms with Crippen LogP contribution in [0.25, 0.3) is 0 Å². The Morgan fingerprint density at radius 3 is 2.82 bits per heavy atom. The second-order valence-electron chi connectivity index (χ2n) is 5.52. The quantitative estimate of drug-likeness (QED) is 0.762. The molecule has 0 radical (unpaired) electrons. The van der Waals surface area contributed by atoms with Gasteiger partial charge in [-0.3, -0.25) is 4.79 Å². The minimum Gasteiger partial charge on any atom is -0.381 e. The Labute approximate surface area is 103 Å². The van der Waals surface area contributed by atoms with Gasteiger partial charge in [0.15, 0.2) is 0 Å². The summed E-state index contributed by atoms with van der Waals surface area (Å²) >= 11 is 0. The van der Waals surface area contributed by atoms with Crippen molar-refractivity contribution in [2.75, 3.05) is 19.8 Å². The molecular weight excluding hydrogens is 216 g/mol. The van der Waals surface area contributed by atoms with E-state index in [9.17, 15) is 4.79 Å². The lowest BCUT2D eigenvalue weighted by molar-refractivity contribution is -0.126. The highest BCUT2D eigenvalue weighted by atomic mass is 16.5. The van der Waals surface area contributed by atoms with Gasteiger partial charge in [-0.2, -0.15) is 0 Å². The number of hydrogen-bond acceptors (Lipinski definition) is 3. The van der Waals surface area contributed by atoms with E-state index in [0.717, 1.165) is 45.4 Å². The van der Waals surface area contributed by atoms with Gasteiger partial charge in [0, 0.05) is 18.8 Å². The normalized spacial score (nSPS) is 29.4. The summed E-state index contributed by atoms with van der Waals surface area (Å²) in [5.74, 6) is 0.177. The smallest absolute Gasteiger partial charge is 0.237 e. The molecule has 2 rings (SSSR count). The third kappa shape index (κ3) is 3.68. The summed E-state index contributed by atoms with van der Waals surface area (Å²) in [4.78, 5) is 12.2. The third-order valence-electron chi connectivity index (χ3n) is 3.90. The van der Waals surface area contributed by atoms with Crippen LogP contribution in [0.1, 0.15) is 45.4 Å². The number of rotatable bonds is 2. The second kappa shape index (κ2) is 5.83. The summed E-state index contributed by atoms with van der Waals surface area (Å²) in [5, 5.41) is 6.56. The van der Waals surface area contributed by atoms with Crippen LogP contribution in [-0.4, -0.2) is 37.2 Å². The SMILES string of the molecule is CC1(NC(=O)C2CCCCCN2)CCOCC1. The first-order valence-electron chi connectivity index (χ1n) is 6.83. The van der Waals surface area contributed by atoms with Crippen LogP contribution >= 0.6 is 0 Å². The molecule has 1 atom stereocenters. The Hall–Kier alpha value is -0.610. The molecule has 4 heteroatoms. The molecular formula is C13H24N2O2. The monoisotopic (exact) mass is 240 g/mol. The zero-order chi connectivity index (χ0) is 12.1. The molecule has 1 unspecified atom stereocenters. The molecule has 1 amide bonds. The number of ether oxygens (including phenoxy) is 1. The molecule has 2 aliphatic rings. The summed E-state index contributed by atoms with van der Waals surface area (Å²) < 4.78 is 5.35. The molecule has 2 saturated heterocycles. The summed E-state index contributed by atoms with van der Waals surface area (Å²) in [6.45, 7) is 4.62. The molecule has 0 aromatic carbocycles. The van der Waals surface area contributed by atoms with E-state index in [1.165, 1.54) is 12.8 Å². The Morgan fingerprint density at radius 1 is 1.29 bits per heavy atom. The van der Waals surface area contributed by atoms with Crippen molar-refractivity contribution >= 4 is 5.91 Å². The van der Waals surface area contributed by atoms with Gasteiger partial charge in [0.1, 0.15) is 0 Å². The summed E-state index contributed by atoms with van der Waals surface area (Å²) in [6.07, 6.45) is 6.40. The van der Waals surface area contributed by atoms with Crippen LogP contribution in [0.15, 0.2) is 0 Å². The molecule has 0 bridgehead atoms. The van der Waals surface area contributed by atoms with Gasteiger partial charge in [-0.15, -0.1) is 0 Å². The lowest BCUT2D eigenvalue weighted by atomic mass is 9.92. The predicted octanol–water partition coefficient (Wildman–Crippen LogP) is 1.20. The van der Waals surface area contributed by atoms with Gasteiger partial charge in [0.05, 0.1) is 6.04 Å². The van der Waals surface area contributed by atoms with Crippen LogP contribution in [0.2, 0.25) is 0 Å². The first kappa shape index (κ1) is 12.8. The number of carbonyl (C=O) groups excluding carboxylic acids is 1. The number of amides is 1. The number of carbonyl (C=O) groups is 1. The lowest BCUT2D eigenvalue weighted by Crippen LogP contribution is -2.55. The Morgan fingerprint density at radius 2 is 2.06 bits per heavy atom. The van der Waals surface area contributed by atoms with Crippen molar-refractivity contribution in [1.29, 1.82) is 0 Å². The van der Waals surface area contributed by atoms with Crippen molar-refractivity contribution in [3.8, 4) is 0 Å². The lowest BCUT2D eigenvalue weighted by Gasteiger charge is -2.35. The zero-order valence-electron chi connectivity index (χ0n) is 10.8. The maximum absolute atomic E-state index is 12.2. The van der Waals surface area contributed by atoms with Gasteiger partial charge in [-0.25, -0.2) is 0 Å². The van der Waals surface area contributed by atoms with Crippen LogP contribution < -0.4 is 10.6 Å². The molecule has 2 aliphatic heterocycles. The van der Waals surface area contributed by atoms with E-state index in [1.807, 2.05) is 0 Å². The van der Waals surface area contributed by atoms with Gasteiger partial charge in [-0.05, 0) is 39.2 Å². The molecule has 17 heavy (non-hydrogen) atoms. The fourth-order valence-corrected chi connectivity index (χ4v) is 2.58. The number of nitrogens with one attached hydrogen (secondary N) is 2. The third-order valence-corrected chi connectivity index (χ3v) is 3.90. The molecule has 4 nitrogen and oxygen atoms in total. The molecule has 2 N–H and O–H groups in total. The summed E-state index contributed by atoms with van der Waals surface area (Å²) in [5.41, 5.74) is -0.0662. The van der Waals surface area contributed by atoms with Crippen LogP contribution in [-0.2, 0) is 9.53 Å². The first-order chi connectivity index (χ1) is 8.20. The average Bonchev–Trinajstić information content (AvgIpc) is 2.57. The van der Waals surface area contributed by atoms with Crippen molar-refractivity contribution in [1.82, 2.24) is 10.6 Å². The van der Waals surface area contributed by atoms with Gasteiger partial charge in [0.25, 0.3) is 0 Å². The van der Waals surface area contributed by atoms with Crippen molar-refractivity contribution < 1.29 is 9.53 Å². The molecule has 0 aromatic rings. The topological polar surface area (TPSA) is 50.4 Å². The molecule has 0 saturated carbocycles. The van der Waals surface area contributed by atoms with Crippen LogP contribution in [0.4, 0.5) is 0 Å². The van der Waals surface area contributed by atoms with E-state index in [0.29, 0.717) is 0 Å².